The maximum atomic E-state index is 15.0. The van der Waals surface area contributed by atoms with Crippen LogP contribution in [0.3, 0.4) is 0 Å². The van der Waals surface area contributed by atoms with Gasteiger partial charge < -0.3 is 15.8 Å². The lowest BCUT2D eigenvalue weighted by Crippen LogP contribution is -2.37. The van der Waals surface area contributed by atoms with Gasteiger partial charge in [-0.3, -0.25) is 9.79 Å². The van der Waals surface area contributed by atoms with Crippen molar-refractivity contribution in [2.75, 3.05) is 18.2 Å². The van der Waals surface area contributed by atoms with Crippen molar-refractivity contribution in [1.82, 2.24) is 4.98 Å². The highest BCUT2D eigenvalue weighted by atomic mass is 35.5. The molecule has 0 unspecified atom stereocenters. The zero-order valence-corrected chi connectivity index (χ0v) is 17.3. The molecular weight excluding hydrogens is 427 g/mol. The van der Waals surface area contributed by atoms with E-state index < -0.39 is 11.4 Å². The smallest absolute Gasteiger partial charge is 0.274 e. The molecule has 6 nitrogen and oxygen atoms in total. The number of carbonyl (C=O) groups is 1. The number of halogens is 2. The molecule has 30 heavy (non-hydrogen) atoms. The summed E-state index contributed by atoms with van der Waals surface area (Å²) in [7, 11) is 1.65. The molecule has 1 fully saturated rings. The number of nitrogens with two attached hydrogens (primary N) is 1. The number of benzene rings is 1. The Bertz CT molecular complexity index is 972. The maximum absolute atomic E-state index is 15.0. The van der Waals surface area contributed by atoms with Gasteiger partial charge >= 0.3 is 0 Å². The summed E-state index contributed by atoms with van der Waals surface area (Å²) in [6, 6.07) is 7.62. The van der Waals surface area contributed by atoms with Gasteiger partial charge in [0.1, 0.15) is 11.5 Å². The number of nitrogens with one attached hydrogen (secondary N) is 1. The largest absolute Gasteiger partial charge is 0.381 e. The van der Waals surface area contributed by atoms with Crippen LogP contribution in [-0.2, 0) is 10.3 Å². The number of fused-ring (bicyclic) bond motifs is 1. The molecule has 9 heteroatoms. The molecule has 1 aliphatic carbocycles. The van der Waals surface area contributed by atoms with Gasteiger partial charge in [-0.15, -0.1) is 0 Å². The van der Waals surface area contributed by atoms with E-state index in [1.165, 1.54) is 36.2 Å². The van der Waals surface area contributed by atoms with Gasteiger partial charge in [-0.05, 0) is 36.8 Å². The number of amides is 1. The summed E-state index contributed by atoms with van der Waals surface area (Å²) in [5, 5.41) is 3.65. The van der Waals surface area contributed by atoms with Crippen LogP contribution in [0, 0.1) is 11.7 Å². The second kappa shape index (κ2) is 8.91. The van der Waals surface area contributed by atoms with E-state index in [1.807, 2.05) is 0 Å². The predicted octanol–water partition coefficient (Wildman–Crippen LogP) is 4.44. The van der Waals surface area contributed by atoms with E-state index in [4.69, 9.17) is 27.1 Å². The molecule has 2 heterocycles. The van der Waals surface area contributed by atoms with E-state index in [9.17, 15) is 9.18 Å². The maximum Gasteiger partial charge on any atom is 0.274 e. The summed E-state index contributed by atoms with van der Waals surface area (Å²) in [6.07, 6.45) is 2.70. The summed E-state index contributed by atoms with van der Waals surface area (Å²) in [6.45, 7) is 0. The van der Waals surface area contributed by atoms with Gasteiger partial charge in [-0.25, -0.2) is 9.37 Å². The Hall–Kier alpha value is -2.16. The molecule has 4 rings (SSSR count). The number of amidine groups is 1. The molecule has 2 aromatic rings. The molecule has 3 N–H and O–H groups in total. The number of hydrogen-bond acceptors (Lipinski definition) is 6. The highest BCUT2D eigenvalue weighted by Gasteiger charge is 2.52. The first-order chi connectivity index (χ1) is 13.9. The summed E-state index contributed by atoms with van der Waals surface area (Å²) in [5.41, 5.74) is 6.33. The number of aliphatic imine (C=N–C) groups is 1. The average molecular weight is 451 g/mol. The van der Waals surface area contributed by atoms with Crippen molar-refractivity contribution in [2.24, 2.45) is 16.6 Å². The molecule has 1 aromatic heterocycles. The number of hydrogen-bond donors (Lipinski definition) is 2. The summed E-state index contributed by atoms with van der Waals surface area (Å²) < 4.78 is 20.5. The number of rotatable bonds is 4. The lowest BCUT2D eigenvalue weighted by Gasteiger charge is -2.36. The molecule has 0 spiro atoms. The first-order valence-electron chi connectivity index (χ1n) is 9.15. The number of methoxy groups -OCH3 is 1. The zero-order valence-electron chi connectivity index (χ0n) is 15.7. The van der Waals surface area contributed by atoms with Gasteiger partial charge in [0.15, 0.2) is 5.17 Å². The third-order valence-electron chi connectivity index (χ3n) is 5.49. The Morgan fingerprint density at radius 1 is 1.40 bits per heavy atom. The number of anilines is 1. The predicted molar refractivity (Wildman–Crippen MR) is 120 cm³/mol. The van der Waals surface area contributed by atoms with Crippen LogP contribution in [0.15, 0.2) is 41.5 Å². The minimum Gasteiger partial charge on any atom is -0.381 e. The van der Waals surface area contributed by atoms with Gasteiger partial charge in [0, 0.05) is 42.6 Å². The summed E-state index contributed by atoms with van der Waals surface area (Å²) in [5.74, 6) is 0.0672. The molecule has 1 aromatic carbocycles. The van der Waals surface area contributed by atoms with Gasteiger partial charge in [-0.1, -0.05) is 30.8 Å². The number of ether oxygens (including phenoxy) is 1. The zero-order chi connectivity index (χ0) is 20.6. The van der Waals surface area contributed by atoms with Crippen molar-refractivity contribution in [1.29, 1.82) is 0 Å². The van der Waals surface area contributed by atoms with E-state index in [-0.39, 0.29) is 31.0 Å². The van der Waals surface area contributed by atoms with Gasteiger partial charge in [0.25, 0.3) is 5.91 Å². The molecule has 0 bridgehead atoms. The van der Waals surface area contributed by atoms with Crippen LogP contribution in [0.4, 0.5) is 10.1 Å². The van der Waals surface area contributed by atoms with E-state index in [0.717, 1.165) is 12.2 Å². The Labute approximate surface area is 184 Å². The normalized spacial score (nSPS) is 25.1. The van der Waals surface area contributed by atoms with Crippen molar-refractivity contribution in [3.8, 4) is 0 Å². The molecule has 1 aliphatic heterocycles. The molecule has 160 valence electrons. The first-order valence-corrected chi connectivity index (χ1v) is 10.5. The second-order valence-corrected chi connectivity index (χ2v) is 8.67. The van der Waals surface area contributed by atoms with Crippen LogP contribution in [0.2, 0.25) is 5.02 Å². The topological polar surface area (TPSA) is 89.6 Å². The molecule has 1 amide bonds. The number of aromatic nitrogens is 1. The van der Waals surface area contributed by atoms with Crippen LogP contribution < -0.4 is 11.1 Å². The monoisotopic (exact) mass is 450 g/mol. The van der Waals surface area contributed by atoms with Crippen molar-refractivity contribution < 1.29 is 13.9 Å². The quantitative estimate of drug-likeness (QED) is 0.718. The lowest BCUT2D eigenvalue weighted by atomic mass is 9.81. The van der Waals surface area contributed by atoms with E-state index in [2.05, 4.69) is 10.3 Å². The van der Waals surface area contributed by atoms with E-state index in [1.54, 1.807) is 19.2 Å². The third kappa shape index (κ3) is 4.17. The average Bonchev–Trinajstić information content (AvgIpc) is 3.08. The Balaban J connectivity index is 0.00000256. The highest BCUT2D eigenvalue weighted by molar-refractivity contribution is 8.13. The number of thioether (sulfide) groups is 1. The molecule has 0 radical (unpaired) electrons. The fraction of sp³-hybridized carbons (Fsp3) is 0.381. The molecule has 3 atom stereocenters. The SMILES string of the molecule is C.CO[C@@H]1C[C@H]2CSC(N)=N[C@@]2(c2cc(NC(=O)c3ccc(Cl)cn3)ccc2F)C1. The van der Waals surface area contributed by atoms with Gasteiger partial charge in [0.2, 0.25) is 0 Å². The van der Waals surface area contributed by atoms with Crippen molar-refractivity contribution >= 4 is 40.1 Å². The molecule has 2 aliphatic rings. The Kier molecular flexibility index (Phi) is 6.69. The van der Waals surface area contributed by atoms with Crippen LogP contribution in [0.25, 0.3) is 0 Å². The standard InChI is InChI=1S/C20H20ClFN4O2S.CH4/c1-28-14-6-11-10-29-19(23)26-20(11,8-14)15-7-13(3-4-16(15)22)25-18(27)17-5-2-12(21)9-24-17;/h2-5,7,9,11,14H,6,8,10H2,1H3,(H2,23,26)(H,25,27);1H4/t11-,14+,20-;/m0./s1. The minimum absolute atomic E-state index is 0. The van der Waals surface area contributed by atoms with Crippen molar-refractivity contribution in [2.45, 2.75) is 31.9 Å². The minimum atomic E-state index is -0.792. The third-order valence-corrected chi connectivity index (χ3v) is 6.67. The molecular formula is C21H24ClFN4O2S. The van der Waals surface area contributed by atoms with Gasteiger partial charge in [-0.2, -0.15) is 0 Å². The van der Waals surface area contributed by atoms with Crippen LogP contribution in [0.5, 0.6) is 0 Å². The van der Waals surface area contributed by atoms with Crippen molar-refractivity contribution in [3.05, 3.63) is 58.6 Å². The van der Waals surface area contributed by atoms with Crippen molar-refractivity contribution in [3.63, 3.8) is 0 Å². The molecule has 1 saturated carbocycles. The summed E-state index contributed by atoms with van der Waals surface area (Å²) >= 11 is 7.30. The fourth-order valence-corrected chi connectivity index (χ4v) is 5.20. The number of pyridine rings is 1. The Morgan fingerprint density at radius 3 is 2.90 bits per heavy atom. The fourth-order valence-electron chi connectivity index (χ4n) is 4.08. The first kappa shape index (κ1) is 22.5. The van der Waals surface area contributed by atoms with E-state index in [0.29, 0.717) is 27.9 Å². The molecule has 0 saturated heterocycles. The van der Waals surface area contributed by atoms with E-state index >= 15 is 0 Å². The van der Waals surface area contributed by atoms with Crippen LogP contribution >= 0.6 is 23.4 Å². The van der Waals surface area contributed by atoms with Crippen LogP contribution in [-0.4, -0.2) is 35.0 Å². The van der Waals surface area contributed by atoms with Gasteiger partial charge in [0.05, 0.1) is 16.7 Å². The number of nitrogens with zero attached hydrogens (tertiary/aromatic N) is 2. The summed E-state index contributed by atoms with van der Waals surface area (Å²) in [4.78, 5) is 21.2. The lowest BCUT2D eigenvalue weighted by molar-refractivity contribution is 0.101. The van der Waals surface area contributed by atoms with Crippen LogP contribution in [0.1, 0.15) is 36.3 Å². The number of carbonyl (C=O) groups excluding carboxylic acids is 1. The Morgan fingerprint density at radius 2 is 2.20 bits per heavy atom. The second-order valence-electron chi connectivity index (χ2n) is 7.19. The highest BCUT2D eigenvalue weighted by Crippen LogP contribution is 2.52.